The highest BCUT2D eigenvalue weighted by molar-refractivity contribution is 14.0. The van der Waals surface area contributed by atoms with Crippen LogP contribution in [0.3, 0.4) is 0 Å². The van der Waals surface area contributed by atoms with Gasteiger partial charge in [-0.05, 0) is 23.8 Å². The van der Waals surface area contributed by atoms with Crippen LogP contribution in [0.25, 0.3) is 0 Å². The van der Waals surface area contributed by atoms with Gasteiger partial charge in [0.05, 0.1) is 12.2 Å². The number of aromatic nitrogens is 1. The number of guanidine groups is 1. The molecular formula is C18H24FIN4. The summed E-state index contributed by atoms with van der Waals surface area (Å²) in [5, 5.41) is 6.46. The Balaban J connectivity index is 0.00000288. The number of hydrogen-bond acceptors (Lipinski definition) is 2. The van der Waals surface area contributed by atoms with Crippen molar-refractivity contribution in [3.63, 3.8) is 0 Å². The molecule has 6 heteroatoms. The van der Waals surface area contributed by atoms with E-state index >= 15 is 0 Å². The molecule has 0 fully saturated rings. The van der Waals surface area contributed by atoms with Crippen molar-refractivity contribution in [2.45, 2.75) is 25.8 Å². The molecule has 0 saturated heterocycles. The number of halogens is 2. The van der Waals surface area contributed by atoms with E-state index in [2.05, 4.69) is 20.6 Å². The first kappa shape index (κ1) is 20.3. The summed E-state index contributed by atoms with van der Waals surface area (Å²) in [6, 6.07) is 12.6. The smallest absolute Gasteiger partial charge is 0.191 e. The van der Waals surface area contributed by atoms with E-state index in [9.17, 15) is 4.39 Å². The second-order valence-electron chi connectivity index (χ2n) is 5.96. The van der Waals surface area contributed by atoms with Crippen LogP contribution in [0.15, 0.2) is 53.7 Å². The molecule has 1 heterocycles. The van der Waals surface area contributed by atoms with Gasteiger partial charge < -0.3 is 10.6 Å². The van der Waals surface area contributed by atoms with E-state index in [1.807, 2.05) is 44.2 Å². The third-order valence-corrected chi connectivity index (χ3v) is 3.69. The van der Waals surface area contributed by atoms with Gasteiger partial charge in [-0.15, -0.1) is 24.0 Å². The molecule has 0 aliphatic rings. The van der Waals surface area contributed by atoms with Crippen molar-refractivity contribution in [1.82, 2.24) is 15.6 Å². The summed E-state index contributed by atoms with van der Waals surface area (Å²) in [5.74, 6) is 0.482. The summed E-state index contributed by atoms with van der Waals surface area (Å²) in [6.45, 7) is 5.16. The molecule has 2 aromatic rings. The van der Waals surface area contributed by atoms with Crippen LogP contribution in [0.1, 0.15) is 25.1 Å². The molecular weight excluding hydrogens is 418 g/mol. The molecule has 0 bridgehead atoms. The molecule has 0 radical (unpaired) electrons. The van der Waals surface area contributed by atoms with E-state index in [1.54, 1.807) is 19.3 Å². The van der Waals surface area contributed by atoms with E-state index in [0.29, 0.717) is 24.6 Å². The van der Waals surface area contributed by atoms with Crippen LogP contribution < -0.4 is 10.6 Å². The fourth-order valence-electron chi connectivity index (χ4n) is 2.31. The lowest BCUT2D eigenvalue weighted by Crippen LogP contribution is -2.43. The topological polar surface area (TPSA) is 49.3 Å². The summed E-state index contributed by atoms with van der Waals surface area (Å²) < 4.78 is 14.0. The molecule has 4 nitrogen and oxygen atoms in total. The van der Waals surface area contributed by atoms with Gasteiger partial charge in [0, 0.05) is 25.2 Å². The van der Waals surface area contributed by atoms with Crippen LogP contribution in [0.4, 0.5) is 4.39 Å². The van der Waals surface area contributed by atoms with Gasteiger partial charge in [-0.2, -0.15) is 0 Å². The average molecular weight is 442 g/mol. The Labute approximate surface area is 160 Å². The van der Waals surface area contributed by atoms with Crippen LogP contribution in [0.5, 0.6) is 0 Å². The third kappa shape index (κ3) is 5.74. The summed E-state index contributed by atoms with van der Waals surface area (Å²) in [4.78, 5) is 8.45. The number of pyridine rings is 1. The Hall–Kier alpha value is -1.70. The lowest BCUT2D eigenvalue weighted by Gasteiger charge is -2.27. The molecule has 2 rings (SSSR count). The van der Waals surface area contributed by atoms with Crippen molar-refractivity contribution >= 4 is 29.9 Å². The second-order valence-corrected chi connectivity index (χ2v) is 5.96. The standard InChI is InChI=1S/C18H23FN4.HI/c1-18(2,15-9-4-5-10-16(15)19)13-23-17(20-3)22-12-14-8-6-7-11-21-14;/h4-11H,12-13H2,1-3H3,(H2,20,22,23);1H. The maximum absolute atomic E-state index is 14.0. The van der Waals surface area contributed by atoms with E-state index in [4.69, 9.17) is 0 Å². The molecule has 1 aromatic carbocycles. The Morgan fingerprint density at radius 3 is 2.46 bits per heavy atom. The van der Waals surface area contributed by atoms with Gasteiger partial charge in [-0.1, -0.05) is 38.1 Å². The molecule has 0 unspecified atom stereocenters. The number of aliphatic imine (C=N–C) groups is 1. The van der Waals surface area contributed by atoms with Gasteiger partial charge >= 0.3 is 0 Å². The second kappa shape index (κ2) is 9.56. The predicted molar refractivity (Wildman–Crippen MR) is 107 cm³/mol. The number of rotatable bonds is 5. The first-order valence-electron chi connectivity index (χ1n) is 7.62. The third-order valence-electron chi connectivity index (χ3n) is 3.69. The first-order chi connectivity index (χ1) is 11.0. The molecule has 0 spiro atoms. The average Bonchev–Trinajstić information content (AvgIpc) is 2.56. The minimum atomic E-state index is -0.353. The predicted octanol–water partition coefficient (Wildman–Crippen LogP) is 3.48. The monoisotopic (exact) mass is 442 g/mol. The SMILES string of the molecule is CN=C(NCc1ccccn1)NCC(C)(C)c1ccccc1F.I. The molecule has 0 saturated carbocycles. The zero-order valence-electron chi connectivity index (χ0n) is 14.2. The van der Waals surface area contributed by atoms with E-state index in [1.165, 1.54) is 6.07 Å². The number of nitrogens with zero attached hydrogens (tertiary/aromatic N) is 2. The Morgan fingerprint density at radius 2 is 1.83 bits per heavy atom. The zero-order valence-corrected chi connectivity index (χ0v) is 16.5. The molecule has 24 heavy (non-hydrogen) atoms. The summed E-state index contributed by atoms with van der Waals surface area (Å²) in [7, 11) is 1.71. The van der Waals surface area contributed by atoms with Gasteiger partial charge in [-0.3, -0.25) is 9.98 Å². The van der Waals surface area contributed by atoms with Crippen molar-refractivity contribution in [1.29, 1.82) is 0 Å². The van der Waals surface area contributed by atoms with E-state index in [0.717, 1.165) is 5.69 Å². The Kier molecular flexibility index (Phi) is 8.10. The Morgan fingerprint density at radius 1 is 1.12 bits per heavy atom. The van der Waals surface area contributed by atoms with Gasteiger partial charge in [0.25, 0.3) is 0 Å². The quantitative estimate of drug-likeness (QED) is 0.424. The molecule has 0 aliphatic carbocycles. The lowest BCUT2D eigenvalue weighted by atomic mass is 9.84. The van der Waals surface area contributed by atoms with Crippen LogP contribution in [0, 0.1) is 5.82 Å². The van der Waals surface area contributed by atoms with Gasteiger partial charge in [0.15, 0.2) is 5.96 Å². The van der Waals surface area contributed by atoms with Gasteiger partial charge in [-0.25, -0.2) is 4.39 Å². The summed E-state index contributed by atoms with van der Waals surface area (Å²) in [6.07, 6.45) is 1.76. The first-order valence-corrected chi connectivity index (χ1v) is 7.62. The number of benzene rings is 1. The Bertz CT molecular complexity index is 659. The lowest BCUT2D eigenvalue weighted by molar-refractivity contribution is 0.473. The normalized spacial score (nSPS) is 11.6. The van der Waals surface area contributed by atoms with Crippen molar-refractivity contribution < 1.29 is 4.39 Å². The molecule has 0 amide bonds. The van der Waals surface area contributed by atoms with Crippen LogP contribution in [-0.2, 0) is 12.0 Å². The fourth-order valence-corrected chi connectivity index (χ4v) is 2.31. The maximum atomic E-state index is 14.0. The highest BCUT2D eigenvalue weighted by atomic mass is 127. The van der Waals surface area contributed by atoms with Crippen molar-refractivity contribution in [2.75, 3.05) is 13.6 Å². The van der Waals surface area contributed by atoms with Gasteiger partial charge in [0.1, 0.15) is 5.82 Å². The molecule has 2 N–H and O–H groups in total. The molecule has 0 aliphatic heterocycles. The fraction of sp³-hybridized carbons (Fsp3) is 0.333. The highest BCUT2D eigenvalue weighted by Crippen LogP contribution is 2.24. The van der Waals surface area contributed by atoms with Crippen molar-refractivity contribution in [2.24, 2.45) is 4.99 Å². The number of nitrogens with one attached hydrogen (secondary N) is 2. The van der Waals surface area contributed by atoms with Crippen LogP contribution in [-0.4, -0.2) is 24.5 Å². The van der Waals surface area contributed by atoms with E-state index < -0.39 is 0 Å². The molecule has 0 atom stereocenters. The zero-order chi connectivity index (χ0) is 16.7. The van der Waals surface area contributed by atoms with Gasteiger partial charge in [0.2, 0.25) is 0 Å². The minimum Gasteiger partial charge on any atom is -0.356 e. The van der Waals surface area contributed by atoms with Crippen LogP contribution in [0.2, 0.25) is 0 Å². The molecule has 130 valence electrons. The summed E-state index contributed by atoms with van der Waals surface area (Å²) >= 11 is 0. The maximum Gasteiger partial charge on any atom is 0.191 e. The molecule has 1 aromatic heterocycles. The van der Waals surface area contributed by atoms with Crippen LogP contribution >= 0.6 is 24.0 Å². The summed E-state index contributed by atoms with van der Waals surface area (Å²) in [5.41, 5.74) is 1.27. The largest absolute Gasteiger partial charge is 0.356 e. The number of hydrogen-bond donors (Lipinski definition) is 2. The van der Waals surface area contributed by atoms with E-state index in [-0.39, 0.29) is 35.2 Å². The van der Waals surface area contributed by atoms with Crippen molar-refractivity contribution in [3.05, 3.63) is 65.7 Å². The minimum absolute atomic E-state index is 0. The van der Waals surface area contributed by atoms with Crippen molar-refractivity contribution in [3.8, 4) is 0 Å². The highest BCUT2D eigenvalue weighted by Gasteiger charge is 2.24.